The van der Waals surface area contributed by atoms with Crippen LogP contribution in [0.2, 0.25) is 5.02 Å². The molecule has 0 unspecified atom stereocenters. The molecule has 2 N–H and O–H groups in total. The highest BCUT2D eigenvalue weighted by molar-refractivity contribution is 6.32. The van der Waals surface area contributed by atoms with E-state index in [2.05, 4.69) is 25.7 Å². The van der Waals surface area contributed by atoms with Crippen LogP contribution in [0.25, 0.3) is 0 Å². The first-order chi connectivity index (χ1) is 12.5. The van der Waals surface area contributed by atoms with E-state index in [9.17, 15) is 13.6 Å². The van der Waals surface area contributed by atoms with Crippen LogP contribution in [-0.2, 0) is 0 Å². The van der Waals surface area contributed by atoms with Crippen molar-refractivity contribution in [1.82, 2.24) is 20.3 Å². The van der Waals surface area contributed by atoms with Crippen molar-refractivity contribution >= 4 is 35.6 Å². The van der Waals surface area contributed by atoms with Gasteiger partial charge in [0.1, 0.15) is 5.75 Å². The van der Waals surface area contributed by atoms with E-state index in [4.69, 9.17) is 11.6 Å². The monoisotopic (exact) mass is 421 g/mol. The lowest BCUT2D eigenvalue weighted by Gasteiger charge is -2.23. The van der Waals surface area contributed by atoms with Crippen molar-refractivity contribution < 1.29 is 18.3 Å². The lowest BCUT2D eigenvalue weighted by molar-refractivity contribution is -0.0497. The molecule has 1 aliphatic heterocycles. The number of hydrogen-bond donors (Lipinski definition) is 2. The number of halogens is 4. The fourth-order valence-electron chi connectivity index (χ4n) is 2.91. The first-order valence-corrected chi connectivity index (χ1v) is 8.51. The summed E-state index contributed by atoms with van der Waals surface area (Å²) in [6.07, 6.45) is 1.85. The molecule has 0 aliphatic carbocycles. The standard InChI is InChI=1S/C16H18ClF2N5O2.ClH/c1-9-14(22-23-24(9)11-4-6-20-7-5-11)15(25)21-10-2-3-13(12(17)8-10)26-16(18)19;/h2-3,8,11,16,20H,4-7H2,1H3,(H,21,25);1H. The third-order valence-corrected chi connectivity index (χ3v) is 4.50. The zero-order chi connectivity index (χ0) is 18.7. The van der Waals surface area contributed by atoms with E-state index < -0.39 is 12.5 Å². The van der Waals surface area contributed by atoms with E-state index in [1.165, 1.54) is 18.2 Å². The van der Waals surface area contributed by atoms with Crippen LogP contribution < -0.4 is 15.4 Å². The Morgan fingerprint density at radius 2 is 2.11 bits per heavy atom. The number of rotatable bonds is 5. The highest BCUT2D eigenvalue weighted by atomic mass is 35.5. The van der Waals surface area contributed by atoms with Crippen molar-refractivity contribution in [3.8, 4) is 5.75 Å². The van der Waals surface area contributed by atoms with Gasteiger partial charge in [-0.2, -0.15) is 8.78 Å². The van der Waals surface area contributed by atoms with Crippen molar-refractivity contribution in [2.45, 2.75) is 32.4 Å². The van der Waals surface area contributed by atoms with Gasteiger partial charge in [0.2, 0.25) is 0 Å². The Hall–Kier alpha value is -1.97. The minimum Gasteiger partial charge on any atom is -0.433 e. The Morgan fingerprint density at radius 1 is 1.41 bits per heavy atom. The van der Waals surface area contributed by atoms with Gasteiger partial charge in [0.25, 0.3) is 5.91 Å². The molecule has 0 bridgehead atoms. The lowest BCUT2D eigenvalue weighted by Crippen LogP contribution is -2.30. The molecule has 3 rings (SSSR count). The molecule has 1 aromatic carbocycles. The fourth-order valence-corrected chi connectivity index (χ4v) is 3.13. The number of nitrogens with one attached hydrogen (secondary N) is 2. The maximum absolute atomic E-state index is 12.5. The minimum absolute atomic E-state index is 0. The van der Waals surface area contributed by atoms with Gasteiger partial charge in [0, 0.05) is 5.69 Å². The van der Waals surface area contributed by atoms with Gasteiger partial charge in [-0.3, -0.25) is 4.79 Å². The average molecular weight is 422 g/mol. The number of hydrogen-bond acceptors (Lipinski definition) is 5. The highest BCUT2D eigenvalue weighted by Gasteiger charge is 2.23. The van der Waals surface area contributed by atoms with Crippen molar-refractivity contribution in [3.05, 3.63) is 34.6 Å². The summed E-state index contributed by atoms with van der Waals surface area (Å²) in [5.41, 5.74) is 1.24. The smallest absolute Gasteiger partial charge is 0.387 e. The number of piperidine rings is 1. The van der Waals surface area contributed by atoms with E-state index in [1.54, 1.807) is 11.6 Å². The predicted molar refractivity (Wildman–Crippen MR) is 99.2 cm³/mol. The maximum atomic E-state index is 12.5. The van der Waals surface area contributed by atoms with Gasteiger partial charge < -0.3 is 15.4 Å². The first-order valence-electron chi connectivity index (χ1n) is 8.14. The SMILES string of the molecule is Cc1c(C(=O)Nc2ccc(OC(F)F)c(Cl)c2)nnn1C1CCNCC1.Cl. The molecule has 1 aromatic heterocycles. The number of nitrogens with zero attached hydrogens (tertiary/aromatic N) is 3. The molecule has 2 heterocycles. The summed E-state index contributed by atoms with van der Waals surface area (Å²) in [6, 6.07) is 4.24. The summed E-state index contributed by atoms with van der Waals surface area (Å²) in [4.78, 5) is 12.5. The van der Waals surface area contributed by atoms with Gasteiger partial charge >= 0.3 is 6.61 Å². The van der Waals surface area contributed by atoms with Crippen LogP contribution in [0.15, 0.2) is 18.2 Å². The number of benzene rings is 1. The number of ether oxygens (including phenoxy) is 1. The Balaban J connectivity index is 0.00000261. The molecule has 27 heavy (non-hydrogen) atoms. The Morgan fingerprint density at radius 3 is 2.74 bits per heavy atom. The summed E-state index contributed by atoms with van der Waals surface area (Å²) >= 11 is 5.89. The quantitative estimate of drug-likeness (QED) is 0.772. The Labute approximate surface area is 165 Å². The third kappa shape index (κ3) is 5.06. The lowest BCUT2D eigenvalue weighted by atomic mass is 10.1. The van der Waals surface area contributed by atoms with Crippen molar-refractivity contribution in [2.75, 3.05) is 18.4 Å². The molecule has 0 spiro atoms. The summed E-state index contributed by atoms with van der Waals surface area (Å²) in [7, 11) is 0. The van der Waals surface area contributed by atoms with E-state index in [-0.39, 0.29) is 34.9 Å². The van der Waals surface area contributed by atoms with Gasteiger partial charge in [-0.05, 0) is 51.1 Å². The van der Waals surface area contributed by atoms with Gasteiger partial charge in [0.15, 0.2) is 5.69 Å². The summed E-state index contributed by atoms with van der Waals surface area (Å²) in [5, 5.41) is 14.0. The largest absolute Gasteiger partial charge is 0.433 e. The zero-order valence-electron chi connectivity index (χ0n) is 14.4. The molecule has 1 saturated heterocycles. The van der Waals surface area contributed by atoms with E-state index in [0.29, 0.717) is 11.4 Å². The highest BCUT2D eigenvalue weighted by Crippen LogP contribution is 2.29. The van der Waals surface area contributed by atoms with Crippen LogP contribution in [-0.4, -0.2) is 40.6 Å². The number of anilines is 1. The molecular formula is C16H19Cl2F2N5O2. The molecule has 1 fully saturated rings. The van der Waals surface area contributed by atoms with Crippen LogP contribution >= 0.6 is 24.0 Å². The second kappa shape index (κ2) is 9.29. The van der Waals surface area contributed by atoms with Gasteiger partial charge in [-0.25, -0.2) is 4.68 Å². The number of alkyl halides is 2. The molecule has 1 amide bonds. The van der Waals surface area contributed by atoms with E-state index >= 15 is 0 Å². The molecule has 11 heteroatoms. The van der Waals surface area contributed by atoms with Crippen molar-refractivity contribution in [1.29, 1.82) is 0 Å². The molecule has 2 aromatic rings. The summed E-state index contributed by atoms with van der Waals surface area (Å²) < 4.78 is 30.6. The van der Waals surface area contributed by atoms with Crippen LogP contribution in [0.1, 0.15) is 35.1 Å². The van der Waals surface area contributed by atoms with E-state index in [0.717, 1.165) is 25.9 Å². The molecule has 0 saturated carbocycles. The van der Waals surface area contributed by atoms with Gasteiger partial charge in [-0.1, -0.05) is 16.8 Å². The molecule has 0 radical (unpaired) electrons. The van der Waals surface area contributed by atoms with Gasteiger partial charge in [-0.15, -0.1) is 17.5 Å². The number of carbonyl (C=O) groups is 1. The van der Waals surface area contributed by atoms with Gasteiger partial charge in [0.05, 0.1) is 16.8 Å². The Kier molecular flexibility index (Phi) is 7.34. The molecule has 1 aliphatic rings. The predicted octanol–water partition coefficient (Wildman–Crippen LogP) is 3.44. The normalized spacial score (nSPS) is 14.7. The van der Waals surface area contributed by atoms with Crippen molar-refractivity contribution in [2.24, 2.45) is 0 Å². The Bertz CT molecular complexity index is 797. The average Bonchev–Trinajstić information content (AvgIpc) is 2.99. The third-order valence-electron chi connectivity index (χ3n) is 4.20. The number of carbonyl (C=O) groups excluding carboxylic acids is 1. The molecule has 7 nitrogen and oxygen atoms in total. The van der Waals surface area contributed by atoms with E-state index in [1.807, 2.05) is 0 Å². The molecule has 148 valence electrons. The molecular weight excluding hydrogens is 403 g/mol. The minimum atomic E-state index is -2.97. The zero-order valence-corrected chi connectivity index (χ0v) is 16.0. The number of amides is 1. The summed E-state index contributed by atoms with van der Waals surface area (Å²) in [6.45, 7) is 0.623. The van der Waals surface area contributed by atoms with Crippen molar-refractivity contribution in [3.63, 3.8) is 0 Å². The van der Waals surface area contributed by atoms with Crippen LogP contribution in [0.5, 0.6) is 5.75 Å². The maximum Gasteiger partial charge on any atom is 0.387 e. The second-order valence-electron chi connectivity index (χ2n) is 5.93. The summed E-state index contributed by atoms with van der Waals surface area (Å²) in [5.74, 6) is -0.603. The first kappa shape index (κ1) is 21.3. The van der Waals surface area contributed by atoms with Crippen LogP contribution in [0, 0.1) is 6.92 Å². The van der Waals surface area contributed by atoms with Crippen LogP contribution in [0.3, 0.4) is 0 Å². The second-order valence-corrected chi connectivity index (χ2v) is 6.33. The fraction of sp³-hybridized carbons (Fsp3) is 0.438. The number of aromatic nitrogens is 3. The molecule has 0 atom stereocenters. The topological polar surface area (TPSA) is 81.1 Å². The van der Waals surface area contributed by atoms with Crippen LogP contribution in [0.4, 0.5) is 14.5 Å².